The number of aromatic amines is 1. The van der Waals surface area contributed by atoms with E-state index in [1.807, 2.05) is 38.3 Å². The van der Waals surface area contributed by atoms with Crippen LogP contribution in [0.15, 0.2) is 22.7 Å². The summed E-state index contributed by atoms with van der Waals surface area (Å²) >= 11 is 3.01. The first-order valence-corrected chi connectivity index (χ1v) is 12.1. The van der Waals surface area contributed by atoms with Crippen LogP contribution in [0.1, 0.15) is 58.8 Å². The van der Waals surface area contributed by atoms with Crippen molar-refractivity contribution in [3.8, 4) is 10.7 Å². The summed E-state index contributed by atoms with van der Waals surface area (Å²) in [6.45, 7) is 8.48. The van der Waals surface area contributed by atoms with Crippen LogP contribution in [0.4, 0.5) is 0 Å². The number of thiophene rings is 1. The van der Waals surface area contributed by atoms with E-state index < -0.39 is 0 Å². The van der Waals surface area contributed by atoms with Gasteiger partial charge in [0.25, 0.3) is 0 Å². The molecular formula is C22H26N4O3S2. The number of hydrogen-bond donors (Lipinski definition) is 1. The lowest BCUT2D eigenvalue weighted by atomic mass is 10.0. The highest BCUT2D eigenvalue weighted by Crippen LogP contribution is 2.32. The molecule has 164 valence electrons. The average Bonchev–Trinajstić information content (AvgIpc) is 3.50. The van der Waals surface area contributed by atoms with Crippen LogP contribution in [-0.4, -0.2) is 49.3 Å². The minimum absolute atomic E-state index is 0.0393. The zero-order chi connectivity index (χ0) is 22.1. The molecule has 1 N–H and O–H groups in total. The van der Waals surface area contributed by atoms with Gasteiger partial charge in [-0.3, -0.25) is 14.2 Å². The van der Waals surface area contributed by atoms with Crippen molar-refractivity contribution in [2.75, 3.05) is 6.61 Å². The van der Waals surface area contributed by atoms with Crippen molar-refractivity contribution >= 4 is 34.7 Å². The summed E-state index contributed by atoms with van der Waals surface area (Å²) in [4.78, 5) is 29.3. The first-order valence-electron chi connectivity index (χ1n) is 10.4. The third kappa shape index (κ3) is 4.40. The van der Waals surface area contributed by atoms with Crippen LogP contribution >= 0.6 is 23.1 Å². The highest BCUT2D eigenvalue weighted by atomic mass is 32.2. The number of ketones is 2. The molecule has 4 rings (SSSR count). The van der Waals surface area contributed by atoms with Crippen molar-refractivity contribution in [1.82, 2.24) is 19.7 Å². The van der Waals surface area contributed by atoms with Gasteiger partial charge in [0.1, 0.15) is 0 Å². The molecule has 0 unspecified atom stereocenters. The predicted molar refractivity (Wildman–Crippen MR) is 122 cm³/mol. The summed E-state index contributed by atoms with van der Waals surface area (Å²) in [5, 5.41) is 11.2. The smallest absolute Gasteiger partial charge is 0.192 e. The molecule has 0 bridgehead atoms. The number of aromatic nitrogens is 4. The maximum Gasteiger partial charge on any atom is 0.192 e. The Kier molecular flexibility index (Phi) is 6.45. The number of thioether (sulfide) groups is 1. The number of carbonyl (C=O) groups is 2. The van der Waals surface area contributed by atoms with E-state index in [1.54, 1.807) is 11.3 Å². The number of aryl methyl sites for hydroxylation is 1. The minimum atomic E-state index is -0.389. The number of nitrogens with one attached hydrogen (secondary N) is 1. The van der Waals surface area contributed by atoms with Gasteiger partial charge in [-0.25, -0.2) is 0 Å². The minimum Gasteiger partial charge on any atom is -0.376 e. The maximum absolute atomic E-state index is 13.2. The zero-order valence-electron chi connectivity index (χ0n) is 18.1. The van der Waals surface area contributed by atoms with E-state index >= 15 is 0 Å². The standard InChI is InChI=1S/C22H26N4O3S2/c1-12-18(14(3)27)13(2)23-19(12)20(28)15(4)31-22-25-24-21(17-8-6-10-30-17)26(22)11-16-7-5-9-29-16/h6,8,10,15-16,23H,5,7,9,11H2,1-4H3/t15-,16-/m1/s1. The summed E-state index contributed by atoms with van der Waals surface area (Å²) in [6, 6.07) is 4.02. The van der Waals surface area contributed by atoms with Crippen LogP contribution in [0.3, 0.4) is 0 Å². The van der Waals surface area contributed by atoms with E-state index in [2.05, 4.69) is 19.7 Å². The first kappa shape index (κ1) is 22.0. The third-order valence-corrected chi connectivity index (χ3v) is 7.50. The highest BCUT2D eigenvalue weighted by molar-refractivity contribution is 8.00. The summed E-state index contributed by atoms with van der Waals surface area (Å²) in [6.07, 6.45) is 2.20. The van der Waals surface area contributed by atoms with Crippen molar-refractivity contribution in [2.45, 2.75) is 63.6 Å². The number of rotatable bonds is 8. The Morgan fingerprint density at radius 3 is 2.81 bits per heavy atom. The van der Waals surface area contributed by atoms with Gasteiger partial charge >= 0.3 is 0 Å². The van der Waals surface area contributed by atoms with Crippen LogP contribution in [-0.2, 0) is 11.3 Å². The quantitative estimate of drug-likeness (QED) is 0.389. The molecule has 3 aromatic rings. The van der Waals surface area contributed by atoms with Crippen molar-refractivity contribution in [2.24, 2.45) is 0 Å². The Hall–Kier alpha value is -2.23. The number of Topliss-reactive ketones (excluding diaryl/α,β-unsaturated/α-hetero) is 2. The van der Waals surface area contributed by atoms with Crippen LogP contribution < -0.4 is 0 Å². The number of nitrogens with zero attached hydrogens (tertiary/aromatic N) is 3. The van der Waals surface area contributed by atoms with Gasteiger partial charge in [0.15, 0.2) is 22.5 Å². The van der Waals surface area contributed by atoms with Gasteiger partial charge < -0.3 is 9.72 Å². The van der Waals surface area contributed by atoms with E-state index in [-0.39, 0.29) is 22.9 Å². The van der Waals surface area contributed by atoms with Gasteiger partial charge in [-0.05, 0) is 57.5 Å². The summed E-state index contributed by atoms with van der Waals surface area (Å²) in [5.41, 5.74) is 2.53. The predicted octanol–water partition coefficient (Wildman–Crippen LogP) is 4.70. The van der Waals surface area contributed by atoms with Gasteiger partial charge in [-0.2, -0.15) is 0 Å². The monoisotopic (exact) mass is 458 g/mol. The van der Waals surface area contributed by atoms with E-state index in [0.29, 0.717) is 28.5 Å². The molecule has 4 heterocycles. The van der Waals surface area contributed by atoms with Gasteiger partial charge in [0.2, 0.25) is 0 Å². The molecule has 0 saturated carbocycles. The maximum atomic E-state index is 13.2. The van der Waals surface area contributed by atoms with Crippen LogP contribution in [0.2, 0.25) is 0 Å². The Morgan fingerprint density at radius 1 is 1.39 bits per heavy atom. The normalized spacial score (nSPS) is 17.2. The van der Waals surface area contributed by atoms with Crippen molar-refractivity contribution < 1.29 is 14.3 Å². The second-order valence-electron chi connectivity index (χ2n) is 7.83. The molecule has 1 aliphatic heterocycles. The molecule has 0 radical (unpaired) electrons. The Balaban J connectivity index is 1.60. The Labute approximate surface area is 189 Å². The topological polar surface area (TPSA) is 89.9 Å². The van der Waals surface area contributed by atoms with Crippen LogP contribution in [0, 0.1) is 13.8 Å². The molecule has 31 heavy (non-hydrogen) atoms. The lowest BCUT2D eigenvalue weighted by Gasteiger charge is -2.16. The molecule has 2 atom stereocenters. The molecular weight excluding hydrogens is 432 g/mol. The van der Waals surface area contributed by atoms with Gasteiger partial charge in [-0.1, -0.05) is 17.8 Å². The largest absolute Gasteiger partial charge is 0.376 e. The van der Waals surface area contributed by atoms with Gasteiger partial charge in [0.05, 0.1) is 28.5 Å². The molecule has 3 aromatic heterocycles. The summed E-state index contributed by atoms with van der Waals surface area (Å²) in [7, 11) is 0. The fourth-order valence-corrected chi connectivity index (χ4v) is 5.69. The fraction of sp³-hybridized carbons (Fsp3) is 0.455. The lowest BCUT2D eigenvalue weighted by molar-refractivity contribution is 0.0953. The Morgan fingerprint density at radius 2 is 2.19 bits per heavy atom. The third-order valence-electron chi connectivity index (χ3n) is 5.56. The second kappa shape index (κ2) is 9.10. The van der Waals surface area contributed by atoms with E-state index in [4.69, 9.17) is 4.74 Å². The SMILES string of the molecule is CC(=O)c1c(C)[nH]c(C(=O)[C@@H](C)Sc2nnc(-c3cccs3)n2C[C@H]2CCCO2)c1C. The number of H-pyrrole nitrogens is 1. The van der Waals surface area contributed by atoms with Gasteiger partial charge in [0, 0.05) is 17.9 Å². The van der Waals surface area contributed by atoms with Crippen molar-refractivity contribution in [1.29, 1.82) is 0 Å². The molecule has 1 fully saturated rings. The number of hydrogen-bond acceptors (Lipinski definition) is 7. The summed E-state index contributed by atoms with van der Waals surface area (Å²) < 4.78 is 7.92. The zero-order valence-corrected chi connectivity index (χ0v) is 19.7. The fourth-order valence-electron chi connectivity index (χ4n) is 4.06. The van der Waals surface area contributed by atoms with E-state index in [1.165, 1.54) is 18.7 Å². The Bertz CT molecular complexity index is 1090. The number of ether oxygens (including phenoxy) is 1. The van der Waals surface area contributed by atoms with E-state index in [9.17, 15) is 9.59 Å². The molecule has 7 nitrogen and oxygen atoms in total. The van der Waals surface area contributed by atoms with Crippen molar-refractivity contribution in [3.05, 3.63) is 40.0 Å². The highest BCUT2D eigenvalue weighted by Gasteiger charge is 2.28. The van der Waals surface area contributed by atoms with E-state index in [0.717, 1.165) is 35.8 Å². The molecule has 0 spiro atoms. The molecule has 0 aliphatic carbocycles. The molecule has 0 aromatic carbocycles. The first-order chi connectivity index (χ1) is 14.9. The summed E-state index contributed by atoms with van der Waals surface area (Å²) in [5.74, 6) is 0.711. The van der Waals surface area contributed by atoms with Crippen LogP contribution in [0.5, 0.6) is 0 Å². The van der Waals surface area contributed by atoms with Gasteiger partial charge in [-0.15, -0.1) is 21.5 Å². The average molecular weight is 459 g/mol. The lowest BCUT2D eigenvalue weighted by Crippen LogP contribution is -2.19. The second-order valence-corrected chi connectivity index (χ2v) is 10.1. The number of carbonyl (C=O) groups excluding carboxylic acids is 2. The molecule has 0 amide bonds. The van der Waals surface area contributed by atoms with Crippen molar-refractivity contribution in [3.63, 3.8) is 0 Å². The molecule has 9 heteroatoms. The molecule has 1 aliphatic rings. The van der Waals surface area contributed by atoms with Crippen LogP contribution in [0.25, 0.3) is 10.7 Å². The molecule has 1 saturated heterocycles.